The number of rotatable bonds is 3. The molecule has 1 aromatic heterocycles. The van der Waals surface area contributed by atoms with E-state index in [-0.39, 0.29) is 0 Å². The number of carbonyl (C=O) groups is 1. The van der Waals surface area contributed by atoms with Crippen molar-refractivity contribution < 1.29 is 9.90 Å². The normalized spacial score (nSPS) is 12.2. The second-order valence-corrected chi connectivity index (χ2v) is 5.21. The lowest BCUT2D eigenvalue weighted by atomic mass is 9.98. The van der Waals surface area contributed by atoms with Gasteiger partial charge in [0.25, 0.3) is 0 Å². The molecule has 0 aliphatic carbocycles. The molecular formula is C16H18N2O3. The molecule has 1 unspecified atom stereocenters. The van der Waals surface area contributed by atoms with E-state index in [0.29, 0.717) is 22.6 Å². The van der Waals surface area contributed by atoms with Gasteiger partial charge in [-0.3, -0.25) is 9.36 Å². The first kappa shape index (κ1) is 15.0. The first-order chi connectivity index (χ1) is 9.82. The Hall–Kier alpha value is -2.43. The second-order valence-electron chi connectivity index (χ2n) is 5.21. The van der Waals surface area contributed by atoms with Crippen LogP contribution in [0.25, 0.3) is 5.69 Å². The number of nitrogens with zero attached hydrogens (tertiary/aromatic N) is 2. The minimum atomic E-state index is -0.933. The molecule has 0 fully saturated rings. The van der Waals surface area contributed by atoms with Gasteiger partial charge in [-0.1, -0.05) is 17.7 Å². The van der Waals surface area contributed by atoms with Crippen molar-refractivity contribution in [2.45, 2.75) is 33.6 Å². The number of aryl methyl sites for hydroxylation is 2. The van der Waals surface area contributed by atoms with E-state index >= 15 is 0 Å². The fourth-order valence-corrected chi connectivity index (χ4v) is 2.53. The van der Waals surface area contributed by atoms with Crippen LogP contribution in [0.3, 0.4) is 0 Å². The molecule has 110 valence electrons. The van der Waals surface area contributed by atoms with E-state index < -0.39 is 17.6 Å². The summed E-state index contributed by atoms with van der Waals surface area (Å²) >= 11 is 0. The van der Waals surface area contributed by atoms with E-state index in [9.17, 15) is 14.7 Å². The summed E-state index contributed by atoms with van der Waals surface area (Å²) in [6.07, 6.45) is 0. The van der Waals surface area contributed by atoms with Gasteiger partial charge >= 0.3 is 11.7 Å². The predicted octanol–water partition coefficient (Wildman–Crippen LogP) is 2.35. The highest BCUT2D eigenvalue weighted by atomic mass is 16.4. The summed E-state index contributed by atoms with van der Waals surface area (Å²) in [4.78, 5) is 27.4. The fraction of sp³-hybridized carbons (Fsp3) is 0.312. The molecule has 5 heteroatoms. The van der Waals surface area contributed by atoms with Gasteiger partial charge in [0.2, 0.25) is 0 Å². The van der Waals surface area contributed by atoms with Crippen LogP contribution in [0.5, 0.6) is 0 Å². The summed E-state index contributed by atoms with van der Waals surface area (Å²) in [5, 5.41) is 9.24. The zero-order chi connectivity index (χ0) is 15.7. The van der Waals surface area contributed by atoms with Gasteiger partial charge in [0, 0.05) is 17.0 Å². The quantitative estimate of drug-likeness (QED) is 0.940. The van der Waals surface area contributed by atoms with Crippen LogP contribution < -0.4 is 5.69 Å². The van der Waals surface area contributed by atoms with Crippen LogP contribution in [0, 0.1) is 20.8 Å². The number of hydrogen-bond donors (Lipinski definition) is 1. The maximum Gasteiger partial charge on any atom is 0.352 e. The van der Waals surface area contributed by atoms with Gasteiger partial charge in [-0.05, 0) is 39.8 Å². The van der Waals surface area contributed by atoms with Crippen LogP contribution in [0.15, 0.2) is 29.1 Å². The third-order valence-electron chi connectivity index (χ3n) is 3.67. The van der Waals surface area contributed by atoms with Gasteiger partial charge < -0.3 is 5.11 Å². The van der Waals surface area contributed by atoms with E-state index in [1.54, 1.807) is 20.8 Å². The van der Waals surface area contributed by atoms with Crippen molar-refractivity contribution in [2.75, 3.05) is 0 Å². The molecule has 5 nitrogen and oxygen atoms in total. The van der Waals surface area contributed by atoms with E-state index in [4.69, 9.17) is 0 Å². The Bertz CT molecular complexity index is 745. The van der Waals surface area contributed by atoms with Gasteiger partial charge in [-0.15, -0.1) is 0 Å². The maximum atomic E-state index is 12.2. The van der Waals surface area contributed by atoms with Crippen LogP contribution >= 0.6 is 0 Å². The highest BCUT2D eigenvalue weighted by Crippen LogP contribution is 2.23. The fourth-order valence-electron chi connectivity index (χ4n) is 2.53. The lowest BCUT2D eigenvalue weighted by Gasteiger charge is -2.18. The van der Waals surface area contributed by atoms with Crippen molar-refractivity contribution in [3.8, 4) is 5.69 Å². The summed E-state index contributed by atoms with van der Waals surface area (Å²) in [7, 11) is 0. The second kappa shape index (κ2) is 5.52. The highest BCUT2D eigenvalue weighted by Gasteiger charge is 2.22. The maximum absolute atomic E-state index is 12.2. The average Bonchev–Trinajstić information content (AvgIpc) is 2.40. The molecule has 0 spiro atoms. The van der Waals surface area contributed by atoms with Crippen LogP contribution in [0.4, 0.5) is 0 Å². The molecule has 0 amide bonds. The molecule has 1 N–H and O–H groups in total. The van der Waals surface area contributed by atoms with Gasteiger partial charge in [0.05, 0.1) is 11.6 Å². The Kier molecular flexibility index (Phi) is 3.93. The predicted molar refractivity (Wildman–Crippen MR) is 80.1 cm³/mol. The van der Waals surface area contributed by atoms with Gasteiger partial charge in [0.1, 0.15) is 0 Å². The van der Waals surface area contributed by atoms with Crippen LogP contribution in [-0.2, 0) is 4.79 Å². The number of carboxylic acid groups (broad SMARTS) is 1. The summed E-state index contributed by atoms with van der Waals surface area (Å²) in [5.74, 6) is -1.65. The van der Waals surface area contributed by atoms with E-state index in [1.165, 1.54) is 4.57 Å². The minimum absolute atomic E-state index is 0.393. The zero-order valence-electron chi connectivity index (χ0n) is 12.5. The summed E-state index contributed by atoms with van der Waals surface area (Å²) in [6.45, 7) is 6.99. The zero-order valence-corrected chi connectivity index (χ0v) is 12.5. The third kappa shape index (κ3) is 2.72. The van der Waals surface area contributed by atoms with E-state index in [0.717, 1.165) is 5.56 Å². The minimum Gasteiger partial charge on any atom is -0.481 e. The van der Waals surface area contributed by atoms with E-state index in [2.05, 4.69) is 4.98 Å². The Morgan fingerprint density at radius 1 is 1.19 bits per heavy atom. The SMILES string of the molecule is Cc1ccc(-n2c(C)c(C(C)C(=O)O)c(C)nc2=O)cc1. The largest absolute Gasteiger partial charge is 0.481 e. The van der Waals surface area contributed by atoms with E-state index in [1.807, 2.05) is 31.2 Å². The first-order valence-corrected chi connectivity index (χ1v) is 6.73. The molecule has 2 aromatic rings. The number of aromatic nitrogens is 2. The molecule has 0 bridgehead atoms. The molecule has 21 heavy (non-hydrogen) atoms. The molecule has 2 rings (SSSR count). The molecule has 1 atom stereocenters. The number of hydrogen-bond acceptors (Lipinski definition) is 3. The Morgan fingerprint density at radius 2 is 1.76 bits per heavy atom. The molecule has 0 radical (unpaired) electrons. The third-order valence-corrected chi connectivity index (χ3v) is 3.67. The van der Waals surface area contributed by atoms with Crippen LogP contribution in [-0.4, -0.2) is 20.6 Å². The summed E-state index contributed by atoms with van der Waals surface area (Å²) in [6, 6.07) is 7.47. The summed E-state index contributed by atoms with van der Waals surface area (Å²) in [5.41, 5.74) is 3.05. The van der Waals surface area contributed by atoms with Gasteiger partial charge in [0.15, 0.2) is 0 Å². The molecule has 0 saturated heterocycles. The molecule has 0 aliphatic heterocycles. The monoisotopic (exact) mass is 286 g/mol. The van der Waals surface area contributed by atoms with Crippen molar-refractivity contribution >= 4 is 5.97 Å². The lowest BCUT2D eigenvalue weighted by Crippen LogP contribution is -2.28. The number of benzene rings is 1. The Morgan fingerprint density at radius 3 is 2.29 bits per heavy atom. The van der Waals surface area contributed by atoms with Crippen molar-refractivity contribution in [1.82, 2.24) is 9.55 Å². The standard InChI is InChI=1S/C16H18N2O3/c1-9-5-7-13(8-6-9)18-12(4)14(10(2)15(19)20)11(3)17-16(18)21/h5-8,10H,1-4H3,(H,19,20). The molecule has 1 aromatic carbocycles. The average molecular weight is 286 g/mol. The molecule has 1 heterocycles. The topological polar surface area (TPSA) is 72.2 Å². The van der Waals surface area contributed by atoms with Crippen molar-refractivity contribution in [3.63, 3.8) is 0 Å². The number of aliphatic carboxylic acids is 1. The Balaban J connectivity index is 2.73. The van der Waals surface area contributed by atoms with Crippen molar-refractivity contribution in [3.05, 3.63) is 57.3 Å². The molecular weight excluding hydrogens is 268 g/mol. The highest BCUT2D eigenvalue weighted by molar-refractivity contribution is 5.76. The van der Waals surface area contributed by atoms with Gasteiger partial charge in [-0.25, -0.2) is 4.79 Å². The van der Waals surface area contributed by atoms with Crippen molar-refractivity contribution in [2.24, 2.45) is 0 Å². The Labute approximate surface area is 122 Å². The first-order valence-electron chi connectivity index (χ1n) is 6.73. The van der Waals surface area contributed by atoms with Crippen LogP contribution in [0.2, 0.25) is 0 Å². The lowest BCUT2D eigenvalue weighted by molar-refractivity contribution is -0.138. The number of carboxylic acids is 1. The smallest absolute Gasteiger partial charge is 0.352 e. The van der Waals surface area contributed by atoms with Crippen molar-refractivity contribution in [1.29, 1.82) is 0 Å². The van der Waals surface area contributed by atoms with Crippen LogP contribution in [0.1, 0.15) is 35.4 Å². The summed E-state index contributed by atoms with van der Waals surface area (Å²) < 4.78 is 1.46. The molecule has 0 aliphatic rings. The molecule has 0 saturated carbocycles. The van der Waals surface area contributed by atoms with Gasteiger partial charge in [-0.2, -0.15) is 4.98 Å².